The first-order valence-electron chi connectivity index (χ1n) is 6.97. The molecule has 2 aromatic carbocycles. The van der Waals surface area contributed by atoms with Crippen molar-refractivity contribution in [2.75, 3.05) is 10.6 Å². The molecule has 0 aliphatic heterocycles. The Labute approximate surface area is 137 Å². The average Bonchev–Trinajstić information content (AvgIpc) is 2.96. The summed E-state index contributed by atoms with van der Waals surface area (Å²) in [5, 5.41) is 8.13. The number of amides is 2. The zero-order chi connectivity index (χ0) is 16.2. The largest absolute Gasteiger partial charge is 0.323 e. The van der Waals surface area contributed by atoms with E-state index in [1.807, 2.05) is 30.5 Å². The fourth-order valence-corrected chi connectivity index (χ4v) is 2.72. The van der Waals surface area contributed by atoms with Gasteiger partial charge in [-0.05, 0) is 31.2 Å². The number of nitrogens with one attached hydrogen (secondary N) is 2. The second-order valence-electron chi connectivity index (χ2n) is 4.89. The molecule has 4 nitrogen and oxygen atoms in total. The zero-order valence-corrected chi connectivity index (χ0v) is 13.2. The third-order valence-corrected chi connectivity index (χ3v) is 3.93. The Balaban J connectivity index is 1.73. The molecule has 0 aliphatic rings. The van der Waals surface area contributed by atoms with E-state index in [0.717, 1.165) is 16.3 Å². The summed E-state index contributed by atoms with van der Waals surface area (Å²) in [7, 11) is 0. The summed E-state index contributed by atoms with van der Waals surface area (Å²) in [6.07, 6.45) is 0. The fraction of sp³-hybridized carbons (Fsp3) is 0.0588. The van der Waals surface area contributed by atoms with Crippen LogP contribution < -0.4 is 10.6 Å². The predicted octanol–water partition coefficient (Wildman–Crippen LogP) is 4.90. The van der Waals surface area contributed by atoms with E-state index in [2.05, 4.69) is 15.6 Å². The van der Waals surface area contributed by atoms with Gasteiger partial charge < -0.3 is 10.6 Å². The third-order valence-electron chi connectivity index (χ3n) is 3.16. The summed E-state index contributed by atoms with van der Waals surface area (Å²) >= 11 is 1.57. The molecule has 0 aliphatic carbocycles. The minimum absolute atomic E-state index is 0.135. The number of rotatable bonds is 3. The molecule has 0 fully saturated rings. The number of hydrogen-bond donors (Lipinski definition) is 2. The van der Waals surface area contributed by atoms with Gasteiger partial charge in [-0.25, -0.2) is 14.2 Å². The number of nitrogens with zero attached hydrogens (tertiary/aromatic N) is 1. The highest BCUT2D eigenvalue weighted by Crippen LogP contribution is 2.24. The maximum absolute atomic E-state index is 13.5. The lowest BCUT2D eigenvalue weighted by molar-refractivity contribution is 0.262. The molecule has 0 bridgehead atoms. The SMILES string of the molecule is Cc1nc(-c2cccc(NC(=O)Nc3ccccc3F)c2)cs1. The van der Waals surface area contributed by atoms with E-state index in [-0.39, 0.29) is 5.69 Å². The number of anilines is 2. The number of halogens is 1. The molecule has 3 rings (SSSR count). The van der Waals surface area contributed by atoms with Crippen molar-refractivity contribution < 1.29 is 9.18 Å². The monoisotopic (exact) mass is 327 g/mol. The van der Waals surface area contributed by atoms with E-state index in [4.69, 9.17) is 0 Å². The van der Waals surface area contributed by atoms with Gasteiger partial charge in [0.05, 0.1) is 16.4 Å². The molecule has 0 radical (unpaired) electrons. The standard InChI is InChI=1S/C17H14FN3OS/c1-11-19-16(10-23-11)12-5-4-6-13(9-12)20-17(22)21-15-8-3-2-7-14(15)18/h2-10H,1H3,(H2,20,21,22). The van der Waals surface area contributed by atoms with Crippen LogP contribution in [0.25, 0.3) is 11.3 Å². The van der Waals surface area contributed by atoms with Crippen LogP contribution in [0.4, 0.5) is 20.6 Å². The smallest absolute Gasteiger partial charge is 0.308 e. The Bertz CT molecular complexity index is 847. The molecule has 2 amide bonds. The Hall–Kier alpha value is -2.73. The number of para-hydroxylation sites is 1. The molecule has 1 aromatic heterocycles. The normalized spacial score (nSPS) is 10.3. The van der Waals surface area contributed by atoms with E-state index >= 15 is 0 Å². The number of carbonyl (C=O) groups is 1. The van der Waals surface area contributed by atoms with Crippen LogP contribution in [0.1, 0.15) is 5.01 Å². The lowest BCUT2D eigenvalue weighted by atomic mass is 10.1. The summed E-state index contributed by atoms with van der Waals surface area (Å²) in [4.78, 5) is 16.4. The minimum Gasteiger partial charge on any atom is -0.308 e. The lowest BCUT2D eigenvalue weighted by Crippen LogP contribution is -2.20. The molecule has 6 heteroatoms. The lowest BCUT2D eigenvalue weighted by Gasteiger charge is -2.09. The molecule has 23 heavy (non-hydrogen) atoms. The molecule has 1 heterocycles. The summed E-state index contributed by atoms with van der Waals surface area (Å²) in [6, 6.07) is 12.9. The minimum atomic E-state index is -0.498. The zero-order valence-electron chi connectivity index (χ0n) is 12.3. The fourth-order valence-electron chi connectivity index (χ4n) is 2.10. The summed E-state index contributed by atoms with van der Waals surface area (Å²) in [5.74, 6) is -0.477. The number of carbonyl (C=O) groups excluding carboxylic acids is 1. The van der Waals surface area contributed by atoms with Crippen LogP contribution in [0.5, 0.6) is 0 Å². The van der Waals surface area contributed by atoms with Gasteiger partial charge in [0.25, 0.3) is 0 Å². The Morgan fingerprint density at radius 2 is 1.96 bits per heavy atom. The van der Waals surface area contributed by atoms with Gasteiger partial charge in [-0.15, -0.1) is 11.3 Å². The quantitative estimate of drug-likeness (QED) is 0.719. The van der Waals surface area contributed by atoms with Gasteiger partial charge in [0.2, 0.25) is 0 Å². The first kappa shape index (κ1) is 15.2. The highest BCUT2D eigenvalue weighted by Gasteiger charge is 2.08. The first-order valence-corrected chi connectivity index (χ1v) is 7.85. The van der Waals surface area contributed by atoms with Crippen molar-refractivity contribution in [2.24, 2.45) is 0 Å². The number of benzene rings is 2. The summed E-state index contributed by atoms with van der Waals surface area (Å²) in [6.45, 7) is 1.94. The molecule has 0 spiro atoms. The molecule has 0 saturated heterocycles. The first-order chi connectivity index (χ1) is 11.1. The van der Waals surface area contributed by atoms with Gasteiger partial charge in [0, 0.05) is 16.6 Å². The van der Waals surface area contributed by atoms with Gasteiger partial charge in [0.15, 0.2) is 0 Å². The van der Waals surface area contributed by atoms with E-state index in [1.54, 1.807) is 29.5 Å². The van der Waals surface area contributed by atoms with Crippen LogP contribution in [-0.4, -0.2) is 11.0 Å². The highest BCUT2D eigenvalue weighted by atomic mass is 32.1. The van der Waals surface area contributed by atoms with Crippen molar-refractivity contribution in [2.45, 2.75) is 6.92 Å². The summed E-state index contributed by atoms with van der Waals surface area (Å²) < 4.78 is 13.5. The van der Waals surface area contributed by atoms with Crippen molar-refractivity contribution in [3.63, 3.8) is 0 Å². The van der Waals surface area contributed by atoms with E-state index in [9.17, 15) is 9.18 Å². The van der Waals surface area contributed by atoms with Gasteiger partial charge in [0.1, 0.15) is 5.82 Å². The van der Waals surface area contributed by atoms with Gasteiger partial charge in [-0.2, -0.15) is 0 Å². The number of aryl methyl sites for hydroxylation is 1. The van der Waals surface area contributed by atoms with Crippen molar-refractivity contribution in [3.8, 4) is 11.3 Å². The van der Waals surface area contributed by atoms with E-state index < -0.39 is 11.8 Å². The molecule has 3 aromatic rings. The van der Waals surface area contributed by atoms with E-state index in [0.29, 0.717) is 5.69 Å². The van der Waals surface area contributed by atoms with Crippen LogP contribution in [0.15, 0.2) is 53.9 Å². The van der Waals surface area contributed by atoms with Crippen molar-refractivity contribution in [1.29, 1.82) is 0 Å². The Morgan fingerprint density at radius 1 is 1.13 bits per heavy atom. The molecular formula is C17H14FN3OS. The maximum atomic E-state index is 13.5. The van der Waals surface area contributed by atoms with Crippen LogP contribution in [0.3, 0.4) is 0 Å². The number of hydrogen-bond acceptors (Lipinski definition) is 3. The third kappa shape index (κ3) is 3.73. The maximum Gasteiger partial charge on any atom is 0.323 e. The highest BCUT2D eigenvalue weighted by molar-refractivity contribution is 7.09. The topological polar surface area (TPSA) is 54.0 Å². The van der Waals surface area contributed by atoms with E-state index in [1.165, 1.54) is 12.1 Å². The molecule has 0 unspecified atom stereocenters. The molecule has 2 N–H and O–H groups in total. The number of thiazole rings is 1. The molecule has 0 atom stereocenters. The second-order valence-corrected chi connectivity index (χ2v) is 5.95. The predicted molar refractivity (Wildman–Crippen MR) is 91.3 cm³/mol. The van der Waals surface area contributed by atoms with Crippen LogP contribution in [0.2, 0.25) is 0 Å². The number of aromatic nitrogens is 1. The van der Waals surface area contributed by atoms with Crippen molar-refractivity contribution in [1.82, 2.24) is 4.98 Å². The molecular weight excluding hydrogens is 313 g/mol. The van der Waals surface area contributed by atoms with Crippen molar-refractivity contribution in [3.05, 3.63) is 64.7 Å². The van der Waals surface area contributed by atoms with Crippen LogP contribution in [0, 0.1) is 12.7 Å². The molecule has 116 valence electrons. The van der Waals surface area contributed by atoms with Crippen LogP contribution >= 0.6 is 11.3 Å². The molecule has 0 saturated carbocycles. The van der Waals surface area contributed by atoms with Gasteiger partial charge >= 0.3 is 6.03 Å². The van der Waals surface area contributed by atoms with Gasteiger partial charge in [-0.3, -0.25) is 0 Å². The number of urea groups is 1. The Kier molecular flexibility index (Phi) is 4.34. The van der Waals surface area contributed by atoms with Crippen LogP contribution in [-0.2, 0) is 0 Å². The Morgan fingerprint density at radius 3 is 2.70 bits per heavy atom. The van der Waals surface area contributed by atoms with Crippen molar-refractivity contribution >= 4 is 28.7 Å². The average molecular weight is 327 g/mol. The van der Waals surface area contributed by atoms with Gasteiger partial charge in [-0.1, -0.05) is 24.3 Å². The second kappa shape index (κ2) is 6.58. The summed E-state index contributed by atoms with van der Waals surface area (Å²) in [5.41, 5.74) is 2.53.